The van der Waals surface area contributed by atoms with E-state index in [1.165, 1.54) is 11.1 Å². The van der Waals surface area contributed by atoms with Crippen LogP contribution in [0.15, 0.2) is 201 Å². The van der Waals surface area contributed by atoms with Crippen LogP contribution in [-0.4, -0.2) is 39.9 Å². The summed E-state index contributed by atoms with van der Waals surface area (Å²) in [5, 5.41) is 0. The second-order valence-corrected chi connectivity index (χ2v) is 20.6. The van der Waals surface area contributed by atoms with Crippen molar-refractivity contribution in [3.05, 3.63) is 287 Å². The summed E-state index contributed by atoms with van der Waals surface area (Å²) in [7, 11) is 0. The Labute approximate surface area is 588 Å². The molecule has 0 saturated carbocycles. The predicted molar refractivity (Wildman–Crippen MR) is 343 cm³/mol. The normalized spacial score (nSPS) is 10.0. The van der Waals surface area contributed by atoms with E-state index in [2.05, 4.69) is 84.1 Å². The fourth-order valence-corrected chi connectivity index (χ4v) is 9.27. The number of rotatable bonds is 12. The molecule has 0 saturated heterocycles. The van der Waals surface area contributed by atoms with E-state index in [0.717, 1.165) is 142 Å². The molecule has 0 fully saturated rings. The Kier molecular flexibility index (Phi) is 29.2. The Morgan fingerprint density at radius 1 is 0.319 bits per heavy atom. The molecule has 16 heteroatoms. The van der Waals surface area contributed by atoms with Crippen LogP contribution in [0, 0.1) is 100 Å². The largest absolute Gasteiger partial charge is 0.502 e. The maximum atomic E-state index is 6.01. The van der Waals surface area contributed by atoms with Crippen molar-refractivity contribution in [3.8, 4) is 91.0 Å². The summed E-state index contributed by atoms with van der Waals surface area (Å²) in [4.78, 5) is 35.3. The molecule has 4 radical (unpaired) electrons. The first-order chi connectivity index (χ1) is 42.1. The van der Waals surface area contributed by atoms with Gasteiger partial charge in [-0.25, -0.2) is 0 Å². The second-order valence-electron chi connectivity index (χ2n) is 20.6. The number of aryl methyl sites for hydroxylation is 11. The fourth-order valence-electron chi connectivity index (χ4n) is 9.27. The summed E-state index contributed by atoms with van der Waals surface area (Å²) in [6, 6.07) is 67.3. The molecule has 0 N–H and O–H groups in total. The van der Waals surface area contributed by atoms with E-state index >= 15 is 0 Å². The molecular weight excluding hydrogens is 1850 g/mol. The van der Waals surface area contributed by atoms with Crippen LogP contribution in [0.2, 0.25) is 0 Å². The van der Waals surface area contributed by atoms with Gasteiger partial charge in [-0.05, 0) is 135 Å². The minimum absolute atomic E-state index is 0. The van der Waals surface area contributed by atoms with Crippen molar-refractivity contribution in [2.24, 2.45) is 0 Å². The Morgan fingerprint density at radius 3 is 1.32 bits per heavy atom. The third-order valence-corrected chi connectivity index (χ3v) is 13.3. The molecule has 0 aliphatic heterocycles. The van der Waals surface area contributed by atoms with Crippen molar-refractivity contribution < 1.29 is 99.4 Å². The number of ether oxygens (including phenoxy) is 4. The van der Waals surface area contributed by atoms with E-state index in [9.17, 15) is 0 Å². The fraction of sp³-hybridized carbons (Fsp3) is 0.147. The minimum Gasteiger partial charge on any atom is -0.502 e. The Morgan fingerprint density at radius 2 is 0.802 bits per heavy atom. The van der Waals surface area contributed by atoms with Crippen molar-refractivity contribution in [1.29, 1.82) is 0 Å². The van der Waals surface area contributed by atoms with Gasteiger partial charge in [0.15, 0.2) is 0 Å². The SMILES string of the molecule is Cc1cc(C)cc(Oc2c[c-]c(-c3nccnc3C)cc2)c1.Cc1cnc(-c2[c-]cc(Oc3c(C)cccc3C)cc2)c(C)n1.Cc1cnc(-c2[c-]ccc(Oc3ccccc3)c2)c(C)n1.Cc1cnc(-c2[c-]cccc2Oc2ccccc2)c(C)n1.[Ir].[Ir].[Ir].[Ir]. The molecular formula is C75H66Ir4N8O4-4. The first kappa shape index (κ1) is 73.6. The number of para-hydroxylation sites is 3. The topological polar surface area (TPSA) is 140 Å². The molecule has 12 nitrogen and oxygen atoms in total. The van der Waals surface area contributed by atoms with E-state index < -0.39 is 0 Å². The van der Waals surface area contributed by atoms with Gasteiger partial charge in [0.1, 0.15) is 23.0 Å². The van der Waals surface area contributed by atoms with Crippen LogP contribution in [0.25, 0.3) is 45.0 Å². The van der Waals surface area contributed by atoms with Crippen LogP contribution in [-0.2, 0) is 80.4 Å². The number of nitrogens with zero attached hydrogens (tertiary/aromatic N) is 8. The van der Waals surface area contributed by atoms with Crippen LogP contribution >= 0.6 is 0 Å². The van der Waals surface area contributed by atoms with Crippen LogP contribution in [0.4, 0.5) is 0 Å². The minimum atomic E-state index is 0. The molecule has 0 aliphatic carbocycles. The summed E-state index contributed by atoms with van der Waals surface area (Å²) < 4.78 is 23.7. The van der Waals surface area contributed by atoms with Crippen LogP contribution < -0.4 is 18.9 Å². The predicted octanol–water partition coefficient (Wildman–Crippen LogP) is 18.3. The average Bonchev–Trinajstić information content (AvgIpc) is 2.45. The Bertz CT molecular complexity index is 4220. The maximum absolute atomic E-state index is 6.01. The third-order valence-electron chi connectivity index (χ3n) is 13.3. The van der Waals surface area contributed by atoms with Crippen LogP contribution in [0.1, 0.15) is 62.1 Å². The summed E-state index contributed by atoms with van der Waals surface area (Å²) in [5.74, 6) is 6.35. The molecule has 0 atom stereocenters. The molecule has 0 bridgehead atoms. The quantitative estimate of drug-likeness (QED) is 0.108. The molecule has 0 aliphatic rings. The van der Waals surface area contributed by atoms with Crippen molar-refractivity contribution in [1.82, 2.24) is 39.9 Å². The van der Waals surface area contributed by atoms with E-state index in [1.54, 1.807) is 31.0 Å². The summed E-state index contributed by atoms with van der Waals surface area (Å²) in [6.45, 7) is 21.8. The second kappa shape index (κ2) is 36.1. The molecule has 0 unspecified atom stereocenters. The molecule has 4 heterocycles. The van der Waals surface area contributed by atoms with Gasteiger partial charge in [0, 0.05) is 180 Å². The number of benzene rings is 8. The molecule has 0 spiro atoms. The molecule has 12 aromatic rings. The summed E-state index contributed by atoms with van der Waals surface area (Å²) in [5.41, 5.74) is 17.8. The monoisotopic (exact) mass is 1910 g/mol. The van der Waals surface area contributed by atoms with Crippen molar-refractivity contribution in [2.75, 3.05) is 0 Å². The average molecular weight is 1910 g/mol. The van der Waals surface area contributed by atoms with Gasteiger partial charge in [-0.15, -0.1) is 114 Å². The Hall–Kier alpha value is -8.12. The zero-order valence-corrected chi connectivity index (χ0v) is 61.7. The molecule has 91 heavy (non-hydrogen) atoms. The standard InChI is InChI=1S/C20H19N2O.C19H17N2O.2C18H15N2O.4Ir/c1-13-6-5-7-14(2)20(13)23-18-10-8-17(9-11-18)19-16(4)22-15(3)12-21-19;1-13-10-14(2)12-18(11-13)22-17-6-4-16(5-7-17)19-15(3)20-8-9-21-19;1-13-12-19-18(14(2)20-13)15-7-6-10-17(11-15)21-16-8-4-3-5-9-16;1-13-12-19-18(14(2)20-13)16-10-6-7-11-17(16)21-15-8-4-3-5-9-15;;;;/h5-8,10-12H,1-4H3;4,6-12H,1-3H3;3-6,8-12H,1-2H3;3-9,11-12H,1-2H3;;;;/q4*-1;;;;. The van der Waals surface area contributed by atoms with Gasteiger partial charge in [0.05, 0.1) is 17.1 Å². The van der Waals surface area contributed by atoms with Crippen LogP contribution in [0.3, 0.4) is 0 Å². The molecule has 470 valence electrons. The van der Waals surface area contributed by atoms with Crippen molar-refractivity contribution in [2.45, 2.75) is 76.2 Å². The number of aromatic nitrogens is 8. The van der Waals surface area contributed by atoms with Crippen molar-refractivity contribution >= 4 is 0 Å². The molecule has 4 aromatic heterocycles. The van der Waals surface area contributed by atoms with Crippen molar-refractivity contribution in [3.63, 3.8) is 0 Å². The van der Waals surface area contributed by atoms with E-state index in [-0.39, 0.29) is 80.4 Å². The van der Waals surface area contributed by atoms with Gasteiger partial charge >= 0.3 is 0 Å². The van der Waals surface area contributed by atoms with Gasteiger partial charge in [-0.3, -0.25) is 19.9 Å². The first-order valence-corrected chi connectivity index (χ1v) is 28.3. The third kappa shape index (κ3) is 21.2. The zero-order chi connectivity index (χ0) is 61.2. The Balaban J connectivity index is 0.000000217. The molecule has 12 rings (SSSR count). The van der Waals surface area contributed by atoms with Gasteiger partial charge in [0.25, 0.3) is 0 Å². The van der Waals surface area contributed by atoms with Gasteiger partial charge in [-0.1, -0.05) is 66.2 Å². The van der Waals surface area contributed by atoms with Gasteiger partial charge < -0.3 is 38.9 Å². The summed E-state index contributed by atoms with van der Waals surface area (Å²) >= 11 is 0. The number of hydrogen-bond acceptors (Lipinski definition) is 12. The zero-order valence-electron chi connectivity index (χ0n) is 52.1. The summed E-state index contributed by atoms with van der Waals surface area (Å²) in [6.07, 6.45) is 8.68. The molecule has 0 amide bonds. The first-order valence-electron chi connectivity index (χ1n) is 28.3. The van der Waals surface area contributed by atoms with Crippen LogP contribution in [0.5, 0.6) is 46.0 Å². The molecule has 8 aromatic carbocycles. The van der Waals surface area contributed by atoms with Gasteiger partial charge in [0.2, 0.25) is 0 Å². The van der Waals surface area contributed by atoms with E-state index in [1.807, 2.05) is 226 Å². The smallest absolute Gasteiger partial charge is 0.124 e. The van der Waals surface area contributed by atoms with E-state index in [4.69, 9.17) is 18.9 Å². The van der Waals surface area contributed by atoms with Gasteiger partial charge in [-0.2, -0.15) is 0 Å². The van der Waals surface area contributed by atoms with E-state index in [0.29, 0.717) is 0 Å². The maximum Gasteiger partial charge on any atom is 0.124 e. The number of hydrogen-bond donors (Lipinski definition) is 0.